The van der Waals surface area contributed by atoms with Crippen LogP contribution in [0.5, 0.6) is 5.75 Å². The average Bonchev–Trinajstić information content (AvgIpc) is 2.91. The smallest absolute Gasteiger partial charge is 0.406 e. The van der Waals surface area contributed by atoms with Crippen molar-refractivity contribution in [2.45, 2.75) is 24.9 Å². The highest BCUT2D eigenvalue weighted by Crippen LogP contribution is 2.26. The quantitative estimate of drug-likeness (QED) is 0.874. The van der Waals surface area contributed by atoms with Gasteiger partial charge in [-0.05, 0) is 31.2 Å². The fraction of sp³-hybridized carbons (Fsp3) is 0.600. The number of likely N-dealkylation sites (tertiary alicyclic amines) is 1. The van der Waals surface area contributed by atoms with Crippen molar-refractivity contribution in [3.63, 3.8) is 0 Å². The van der Waals surface area contributed by atoms with Crippen LogP contribution < -0.4 is 10.1 Å². The van der Waals surface area contributed by atoms with Crippen molar-refractivity contribution in [3.05, 3.63) is 29.8 Å². The van der Waals surface area contributed by atoms with E-state index in [1.807, 2.05) is 0 Å². The molecule has 1 saturated heterocycles. The van der Waals surface area contributed by atoms with Crippen molar-refractivity contribution >= 4 is 0 Å². The van der Waals surface area contributed by atoms with Crippen LogP contribution in [0.2, 0.25) is 0 Å². The average molecular weight is 318 g/mol. The minimum atomic E-state index is -4.67. The molecule has 0 aliphatic carbocycles. The van der Waals surface area contributed by atoms with Gasteiger partial charge >= 0.3 is 6.36 Å². The van der Waals surface area contributed by atoms with Gasteiger partial charge in [0.15, 0.2) is 0 Å². The molecule has 1 aromatic rings. The molecular formula is C15H21F3N2O2. The summed E-state index contributed by atoms with van der Waals surface area (Å²) in [4.78, 5) is 2.24. The normalized spacial score (nSPS) is 21.0. The molecule has 2 atom stereocenters. The summed E-state index contributed by atoms with van der Waals surface area (Å²) in [6.45, 7) is 2.48. The molecule has 4 nitrogen and oxygen atoms in total. The zero-order valence-corrected chi connectivity index (χ0v) is 12.7. The van der Waals surface area contributed by atoms with Gasteiger partial charge in [0.2, 0.25) is 0 Å². The van der Waals surface area contributed by atoms with Crippen molar-refractivity contribution in [1.82, 2.24) is 10.2 Å². The number of nitrogens with one attached hydrogen (secondary N) is 1. The van der Waals surface area contributed by atoms with Gasteiger partial charge in [0.25, 0.3) is 0 Å². The molecule has 0 aromatic heterocycles. The number of likely N-dealkylation sites (N-methyl/N-ethyl adjacent to an activating group) is 1. The third kappa shape index (κ3) is 4.86. The first-order valence-corrected chi connectivity index (χ1v) is 7.19. The number of halogens is 3. The zero-order valence-electron chi connectivity index (χ0n) is 12.7. The molecule has 1 aromatic carbocycles. The predicted molar refractivity (Wildman–Crippen MR) is 76.8 cm³/mol. The van der Waals surface area contributed by atoms with Crippen molar-refractivity contribution < 1.29 is 22.6 Å². The van der Waals surface area contributed by atoms with E-state index in [1.165, 1.54) is 12.1 Å². The second-order valence-corrected chi connectivity index (χ2v) is 5.37. The molecular weight excluding hydrogens is 297 g/mol. The second-order valence-electron chi connectivity index (χ2n) is 5.37. The van der Waals surface area contributed by atoms with E-state index in [9.17, 15) is 13.2 Å². The summed E-state index contributed by atoms with van der Waals surface area (Å²) in [5, 5.41) is 3.15. The van der Waals surface area contributed by atoms with Gasteiger partial charge in [0, 0.05) is 32.8 Å². The van der Waals surface area contributed by atoms with Crippen LogP contribution in [-0.2, 0) is 4.74 Å². The lowest BCUT2D eigenvalue weighted by Gasteiger charge is -2.24. The minimum absolute atomic E-state index is 0.0626. The SMILES string of the molecule is CN[C@@H](CN1CC[C@@H](OC)C1)c1cccc(OC(F)(F)F)c1. The molecule has 1 fully saturated rings. The maximum atomic E-state index is 12.3. The molecule has 0 spiro atoms. The third-order valence-corrected chi connectivity index (χ3v) is 3.85. The lowest BCUT2D eigenvalue weighted by molar-refractivity contribution is -0.274. The number of rotatable bonds is 6. The van der Waals surface area contributed by atoms with Gasteiger partial charge in [0.1, 0.15) is 5.75 Å². The van der Waals surface area contributed by atoms with Gasteiger partial charge in [-0.1, -0.05) is 12.1 Å². The molecule has 1 aliphatic heterocycles. The topological polar surface area (TPSA) is 33.7 Å². The Balaban J connectivity index is 2.03. The number of alkyl halides is 3. The van der Waals surface area contributed by atoms with Crippen molar-refractivity contribution in [1.29, 1.82) is 0 Å². The molecule has 22 heavy (non-hydrogen) atoms. The Hall–Kier alpha value is -1.31. The second kappa shape index (κ2) is 7.30. The van der Waals surface area contributed by atoms with Gasteiger partial charge in [-0.2, -0.15) is 0 Å². The van der Waals surface area contributed by atoms with E-state index in [4.69, 9.17) is 4.74 Å². The van der Waals surface area contributed by atoms with E-state index in [-0.39, 0.29) is 17.9 Å². The van der Waals surface area contributed by atoms with Crippen LogP contribution in [0.4, 0.5) is 13.2 Å². The summed E-state index contributed by atoms with van der Waals surface area (Å²) in [5.74, 6) is -0.193. The van der Waals surface area contributed by atoms with Gasteiger partial charge in [-0.25, -0.2) is 0 Å². The molecule has 1 aliphatic rings. The Labute approximate surface area is 128 Å². The number of benzene rings is 1. The first kappa shape index (κ1) is 17.1. The molecule has 0 unspecified atom stereocenters. The van der Waals surface area contributed by atoms with Gasteiger partial charge in [-0.15, -0.1) is 13.2 Å². The summed E-state index contributed by atoms with van der Waals surface area (Å²) in [7, 11) is 3.49. The highest BCUT2D eigenvalue weighted by molar-refractivity contribution is 5.31. The number of hydrogen-bond acceptors (Lipinski definition) is 4. The molecule has 0 radical (unpaired) electrons. The summed E-state index contributed by atoms with van der Waals surface area (Å²) in [6, 6.07) is 6.04. The van der Waals surface area contributed by atoms with Gasteiger partial charge in [0.05, 0.1) is 6.10 Å². The minimum Gasteiger partial charge on any atom is -0.406 e. The Morgan fingerprint density at radius 2 is 2.18 bits per heavy atom. The predicted octanol–water partition coefficient (Wildman–Crippen LogP) is 2.57. The Morgan fingerprint density at radius 1 is 1.41 bits per heavy atom. The molecule has 0 amide bonds. The zero-order chi connectivity index (χ0) is 16.2. The number of nitrogens with zero attached hydrogens (tertiary/aromatic N) is 1. The molecule has 1 heterocycles. The lowest BCUT2D eigenvalue weighted by atomic mass is 10.1. The number of ether oxygens (including phenoxy) is 2. The van der Waals surface area contributed by atoms with Gasteiger partial charge in [-0.3, -0.25) is 4.90 Å². The summed E-state index contributed by atoms with van der Waals surface area (Å²) < 4.78 is 46.2. The molecule has 7 heteroatoms. The maximum Gasteiger partial charge on any atom is 0.573 e. The Morgan fingerprint density at radius 3 is 2.77 bits per heavy atom. The van der Waals surface area contributed by atoms with Crippen LogP contribution in [0, 0.1) is 0 Å². The summed E-state index contributed by atoms with van der Waals surface area (Å²) in [5.41, 5.74) is 0.769. The molecule has 2 rings (SSSR count). The van der Waals surface area contributed by atoms with Crippen molar-refractivity contribution in [2.24, 2.45) is 0 Å². The first-order valence-electron chi connectivity index (χ1n) is 7.19. The van der Waals surface area contributed by atoms with Crippen LogP contribution in [0.25, 0.3) is 0 Å². The molecule has 0 saturated carbocycles. The van der Waals surface area contributed by atoms with Crippen molar-refractivity contribution in [2.75, 3.05) is 33.8 Å². The molecule has 1 N–H and O–H groups in total. The van der Waals surface area contributed by atoms with Crippen LogP contribution in [0.3, 0.4) is 0 Å². The maximum absolute atomic E-state index is 12.3. The van der Waals surface area contributed by atoms with E-state index >= 15 is 0 Å². The third-order valence-electron chi connectivity index (χ3n) is 3.85. The van der Waals surface area contributed by atoms with Crippen LogP contribution >= 0.6 is 0 Å². The number of hydrogen-bond donors (Lipinski definition) is 1. The first-order chi connectivity index (χ1) is 10.4. The van der Waals surface area contributed by atoms with Crippen LogP contribution in [0.1, 0.15) is 18.0 Å². The van der Waals surface area contributed by atoms with E-state index in [0.717, 1.165) is 25.1 Å². The van der Waals surface area contributed by atoms with E-state index < -0.39 is 6.36 Å². The van der Waals surface area contributed by atoms with Crippen LogP contribution in [-0.4, -0.2) is 51.2 Å². The largest absolute Gasteiger partial charge is 0.573 e. The Kier molecular flexibility index (Phi) is 5.66. The van der Waals surface area contributed by atoms with Crippen molar-refractivity contribution in [3.8, 4) is 5.75 Å². The highest BCUT2D eigenvalue weighted by Gasteiger charge is 2.31. The fourth-order valence-electron chi connectivity index (χ4n) is 2.71. The number of methoxy groups -OCH3 is 1. The highest BCUT2D eigenvalue weighted by atomic mass is 19.4. The van der Waals surface area contributed by atoms with E-state index in [0.29, 0.717) is 6.54 Å². The van der Waals surface area contributed by atoms with Gasteiger partial charge < -0.3 is 14.8 Å². The lowest BCUT2D eigenvalue weighted by Crippen LogP contribution is -2.33. The summed E-state index contributed by atoms with van der Waals surface area (Å²) in [6.07, 6.45) is -3.46. The molecule has 0 bridgehead atoms. The Bertz CT molecular complexity index is 482. The monoisotopic (exact) mass is 318 g/mol. The summed E-state index contributed by atoms with van der Waals surface area (Å²) >= 11 is 0. The van der Waals surface area contributed by atoms with Crippen LogP contribution in [0.15, 0.2) is 24.3 Å². The van der Waals surface area contributed by atoms with E-state index in [2.05, 4.69) is 15.0 Å². The standard InChI is InChI=1S/C15H21F3N2O2/c1-19-14(10-20-7-6-13(9-20)21-2)11-4-3-5-12(8-11)22-15(16,17)18/h3-5,8,13-14,19H,6-7,9-10H2,1-2H3/t13-,14+/m1/s1. The van der Waals surface area contributed by atoms with E-state index in [1.54, 1.807) is 26.3 Å². The molecule has 124 valence electrons. The fourth-order valence-corrected chi connectivity index (χ4v) is 2.71.